The first-order valence-corrected chi connectivity index (χ1v) is 9.55. The smallest absolute Gasteiger partial charge is 0.338 e. The van der Waals surface area contributed by atoms with Crippen LogP contribution in [0.15, 0.2) is 91.0 Å². The van der Waals surface area contributed by atoms with E-state index in [1.165, 1.54) is 18.2 Å². The lowest BCUT2D eigenvalue weighted by molar-refractivity contribution is -0.120. The molecule has 0 saturated heterocycles. The molecular weight excluding hydrogens is 394 g/mol. The van der Waals surface area contributed by atoms with Crippen LogP contribution >= 0.6 is 0 Å². The zero-order valence-electron chi connectivity index (χ0n) is 16.4. The van der Waals surface area contributed by atoms with Crippen molar-refractivity contribution >= 4 is 29.3 Å². The average Bonchev–Trinajstić information content (AvgIpc) is 3.15. The lowest BCUT2D eigenvalue weighted by Gasteiger charge is -2.14. The van der Waals surface area contributed by atoms with Gasteiger partial charge in [-0.25, -0.2) is 9.69 Å². The number of Topliss-reactive ketones (excluding diaryl/α,β-unsaturated/α-hetero) is 1. The van der Waals surface area contributed by atoms with Crippen LogP contribution in [0.25, 0.3) is 11.1 Å². The highest BCUT2D eigenvalue weighted by Crippen LogP contribution is 2.21. The van der Waals surface area contributed by atoms with Crippen LogP contribution in [0.2, 0.25) is 0 Å². The normalized spacial score (nSPS) is 12.8. The van der Waals surface area contributed by atoms with Crippen molar-refractivity contribution in [2.24, 2.45) is 0 Å². The minimum absolute atomic E-state index is 0.136. The summed E-state index contributed by atoms with van der Waals surface area (Å²) in [6, 6.07) is 22.8. The number of ether oxygens (including phenoxy) is 1. The Kier molecular flexibility index (Phi) is 5.53. The van der Waals surface area contributed by atoms with Crippen LogP contribution < -0.4 is 4.90 Å². The lowest BCUT2D eigenvalue weighted by atomic mass is 10.0. The molecule has 2 amide bonds. The van der Waals surface area contributed by atoms with Gasteiger partial charge < -0.3 is 4.74 Å². The van der Waals surface area contributed by atoms with Crippen molar-refractivity contribution in [3.8, 4) is 11.1 Å². The number of anilines is 1. The molecule has 1 aliphatic heterocycles. The van der Waals surface area contributed by atoms with E-state index in [4.69, 9.17) is 4.74 Å². The van der Waals surface area contributed by atoms with Gasteiger partial charge in [-0.05, 0) is 29.3 Å². The van der Waals surface area contributed by atoms with Crippen LogP contribution in [0.1, 0.15) is 20.7 Å². The molecule has 0 aromatic heterocycles. The molecule has 6 nitrogen and oxygen atoms in total. The number of carbonyl (C=O) groups is 4. The zero-order valence-corrected chi connectivity index (χ0v) is 16.4. The van der Waals surface area contributed by atoms with E-state index in [9.17, 15) is 19.2 Å². The molecule has 0 N–H and O–H groups in total. The molecule has 0 spiro atoms. The van der Waals surface area contributed by atoms with Gasteiger partial charge in [0.25, 0.3) is 11.8 Å². The van der Waals surface area contributed by atoms with E-state index in [2.05, 4.69) is 0 Å². The molecule has 0 saturated carbocycles. The van der Waals surface area contributed by atoms with Crippen LogP contribution in [0.5, 0.6) is 0 Å². The first-order chi connectivity index (χ1) is 15.0. The van der Waals surface area contributed by atoms with Crippen LogP contribution in [-0.2, 0) is 14.3 Å². The summed E-state index contributed by atoms with van der Waals surface area (Å²) in [5.74, 6) is -2.02. The first-order valence-electron chi connectivity index (χ1n) is 9.55. The van der Waals surface area contributed by atoms with Crippen LogP contribution in [0.4, 0.5) is 5.69 Å². The highest BCUT2D eigenvalue weighted by atomic mass is 16.5. The molecule has 3 aromatic carbocycles. The summed E-state index contributed by atoms with van der Waals surface area (Å²) in [6.45, 7) is -0.420. The summed E-state index contributed by atoms with van der Waals surface area (Å²) in [6.07, 6.45) is 2.32. The number of hydrogen-bond donors (Lipinski definition) is 0. The number of hydrogen-bond acceptors (Lipinski definition) is 5. The van der Waals surface area contributed by atoms with E-state index in [-0.39, 0.29) is 17.0 Å². The molecule has 4 rings (SSSR count). The maximum Gasteiger partial charge on any atom is 0.338 e. The van der Waals surface area contributed by atoms with Crippen molar-refractivity contribution in [2.45, 2.75) is 0 Å². The number of rotatable bonds is 6. The molecule has 3 aromatic rings. The second-order valence-electron chi connectivity index (χ2n) is 6.84. The van der Waals surface area contributed by atoms with Gasteiger partial charge in [0.2, 0.25) is 0 Å². The number of imide groups is 1. The Hall–Kier alpha value is -4.32. The molecule has 152 valence electrons. The topological polar surface area (TPSA) is 80.8 Å². The predicted molar refractivity (Wildman–Crippen MR) is 115 cm³/mol. The predicted octanol–water partition coefficient (Wildman–Crippen LogP) is 3.82. The Morgan fingerprint density at radius 3 is 2.03 bits per heavy atom. The molecule has 0 unspecified atom stereocenters. The number of esters is 1. The average molecular weight is 411 g/mol. The molecule has 31 heavy (non-hydrogen) atoms. The molecule has 0 fully saturated rings. The Balaban J connectivity index is 1.40. The lowest BCUT2D eigenvalue weighted by Crippen LogP contribution is -2.29. The number of ketones is 1. The number of carbonyl (C=O) groups excluding carboxylic acids is 4. The fourth-order valence-corrected chi connectivity index (χ4v) is 3.20. The summed E-state index contributed by atoms with van der Waals surface area (Å²) in [5, 5.41) is 0. The molecule has 1 aliphatic rings. The van der Waals surface area contributed by atoms with E-state index in [1.54, 1.807) is 18.2 Å². The third-order valence-corrected chi connectivity index (χ3v) is 4.80. The summed E-state index contributed by atoms with van der Waals surface area (Å²) in [4.78, 5) is 49.4. The largest absolute Gasteiger partial charge is 0.454 e. The van der Waals surface area contributed by atoms with Crippen molar-refractivity contribution in [3.63, 3.8) is 0 Å². The SMILES string of the molecule is O=C(COC(=O)c1cccc(N2C(=O)C=CC2=O)c1)c1ccc(-c2ccccc2)cc1. The molecule has 0 bridgehead atoms. The molecule has 0 atom stereocenters. The molecule has 0 aliphatic carbocycles. The Morgan fingerprint density at radius 2 is 1.35 bits per heavy atom. The summed E-state index contributed by atoms with van der Waals surface area (Å²) in [7, 11) is 0. The maximum absolute atomic E-state index is 12.4. The molecule has 6 heteroatoms. The molecule has 1 heterocycles. The van der Waals surface area contributed by atoms with Gasteiger partial charge in [0.15, 0.2) is 12.4 Å². The van der Waals surface area contributed by atoms with E-state index >= 15 is 0 Å². The fraction of sp³-hybridized carbons (Fsp3) is 0.0400. The van der Waals surface area contributed by atoms with Crippen molar-refractivity contribution in [1.29, 1.82) is 0 Å². The van der Waals surface area contributed by atoms with Crippen molar-refractivity contribution in [2.75, 3.05) is 11.5 Å². The third kappa shape index (κ3) is 4.33. The summed E-state index contributed by atoms with van der Waals surface area (Å²) < 4.78 is 5.14. The second kappa shape index (κ2) is 8.59. The fourth-order valence-electron chi connectivity index (χ4n) is 3.20. The van der Waals surface area contributed by atoms with Crippen LogP contribution in [0.3, 0.4) is 0 Å². The Bertz CT molecular complexity index is 1180. The van der Waals surface area contributed by atoms with E-state index < -0.39 is 24.4 Å². The van der Waals surface area contributed by atoms with Gasteiger partial charge in [0.05, 0.1) is 11.3 Å². The van der Waals surface area contributed by atoms with E-state index in [0.29, 0.717) is 5.56 Å². The molecule has 0 radical (unpaired) electrons. The van der Waals surface area contributed by atoms with Crippen LogP contribution in [0, 0.1) is 0 Å². The maximum atomic E-state index is 12.4. The van der Waals surface area contributed by atoms with Gasteiger partial charge in [-0.15, -0.1) is 0 Å². The van der Waals surface area contributed by atoms with E-state index in [1.807, 2.05) is 42.5 Å². The summed E-state index contributed by atoms with van der Waals surface area (Å²) >= 11 is 0. The van der Waals surface area contributed by atoms with Crippen LogP contribution in [-0.4, -0.2) is 30.2 Å². The van der Waals surface area contributed by atoms with Gasteiger partial charge in [0.1, 0.15) is 0 Å². The minimum atomic E-state index is -0.719. The monoisotopic (exact) mass is 411 g/mol. The standard InChI is InChI=1S/C25H17NO5/c27-22(19-11-9-18(10-12-19)17-5-2-1-3-6-17)16-31-25(30)20-7-4-8-21(15-20)26-23(28)13-14-24(26)29/h1-15H,16H2. The quantitative estimate of drug-likeness (QED) is 0.350. The minimum Gasteiger partial charge on any atom is -0.454 e. The highest BCUT2D eigenvalue weighted by Gasteiger charge is 2.25. The number of benzene rings is 3. The molecular formula is C25H17NO5. The first kappa shape index (κ1) is 20.0. The zero-order chi connectivity index (χ0) is 21.8. The van der Waals surface area contributed by atoms with E-state index in [0.717, 1.165) is 28.2 Å². The Morgan fingerprint density at radius 1 is 0.710 bits per heavy atom. The van der Waals surface area contributed by atoms with Crippen molar-refractivity contribution < 1.29 is 23.9 Å². The second-order valence-corrected chi connectivity index (χ2v) is 6.84. The van der Waals surface area contributed by atoms with Gasteiger partial charge >= 0.3 is 5.97 Å². The van der Waals surface area contributed by atoms with Crippen molar-refractivity contribution in [1.82, 2.24) is 0 Å². The van der Waals surface area contributed by atoms with Gasteiger partial charge in [-0.1, -0.05) is 60.7 Å². The number of amides is 2. The highest BCUT2D eigenvalue weighted by molar-refractivity contribution is 6.28. The third-order valence-electron chi connectivity index (χ3n) is 4.80. The summed E-state index contributed by atoms with van der Waals surface area (Å²) in [5.41, 5.74) is 2.85. The van der Waals surface area contributed by atoms with Gasteiger partial charge in [0, 0.05) is 17.7 Å². The number of nitrogens with zero attached hydrogens (tertiary/aromatic N) is 1. The van der Waals surface area contributed by atoms with Gasteiger partial charge in [-0.2, -0.15) is 0 Å². The van der Waals surface area contributed by atoms with Crippen molar-refractivity contribution in [3.05, 3.63) is 102 Å². The van der Waals surface area contributed by atoms with Gasteiger partial charge in [-0.3, -0.25) is 14.4 Å². The Labute approximate surface area is 178 Å².